The van der Waals surface area contributed by atoms with Gasteiger partial charge in [0.2, 0.25) is 0 Å². The van der Waals surface area contributed by atoms with Gasteiger partial charge < -0.3 is 4.74 Å². The number of ether oxygens (including phenoxy) is 1. The van der Waals surface area contributed by atoms with Crippen LogP contribution in [0, 0.1) is 0 Å². The number of hydrogen-bond donors (Lipinski definition) is 0. The molecule has 0 amide bonds. The quantitative estimate of drug-likeness (QED) is 0.0611. The van der Waals surface area contributed by atoms with Crippen molar-refractivity contribution in [2.45, 2.75) is 98.0 Å². The number of Topliss-reactive ketones (excluding diaryl/α,β-unsaturated/α-hetero) is 1. The molecule has 10 heterocycles. The van der Waals surface area contributed by atoms with Crippen molar-refractivity contribution in [2.24, 2.45) is 0 Å². The summed E-state index contributed by atoms with van der Waals surface area (Å²) in [5.74, 6) is 1.89. The Morgan fingerprint density at radius 3 is 1.80 bits per heavy atom. The number of rotatable bonds is 17. The number of unbranched alkanes of at least 4 members (excludes halogenated alkanes) is 5. The van der Waals surface area contributed by atoms with Gasteiger partial charge in [0.15, 0.2) is 0 Å². The van der Waals surface area contributed by atoms with Crippen LogP contribution >= 0.6 is 0 Å². The van der Waals surface area contributed by atoms with Gasteiger partial charge in [0.1, 0.15) is 5.75 Å². The molecule has 0 saturated carbocycles. The molecule has 1 spiro atoms. The maximum absolute atomic E-state index is 14.9. The van der Waals surface area contributed by atoms with E-state index in [0.717, 1.165) is 61.0 Å². The minimum atomic E-state index is -4.56. The molecular weight excluding hydrogens is 648 g/mol. The molecule has 9 atom stereocenters. The zero-order chi connectivity index (χ0) is 33.0. The van der Waals surface area contributed by atoms with Gasteiger partial charge in [-0.3, -0.25) is 0 Å². The van der Waals surface area contributed by atoms with Gasteiger partial charge >= 0.3 is 250 Å². The van der Waals surface area contributed by atoms with E-state index < -0.39 is 6.51 Å². The zero-order valence-electron chi connectivity index (χ0n) is 28.1. The van der Waals surface area contributed by atoms with E-state index in [9.17, 15) is 14.4 Å². The average Bonchev–Trinajstić information content (AvgIpc) is 4.10. The summed E-state index contributed by atoms with van der Waals surface area (Å²) in [4.78, 5) is 47.6. The Morgan fingerprint density at radius 1 is 0.653 bits per heavy atom. The van der Waals surface area contributed by atoms with Gasteiger partial charge in [-0.25, -0.2) is 0 Å². The summed E-state index contributed by atoms with van der Waals surface area (Å²) in [6.07, 6.45) is 16.7. The Kier molecular flexibility index (Phi) is 2.83. The Labute approximate surface area is 278 Å². The second-order valence-electron chi connectivity index (χ2n) is 19.0. The van der Waals surface area contributed by atoms with E-state index in [1.807, 2.05) is 72.8 Å². The minimum Gasteiger partial charge on any atom is -0.0193 e. The summed E-state index contributed by atoms with van der Waals surface area (Å²) in [5.41, 5.74) is 2.96. The van der Waals surface area contributed by atoms with Crippen LogP contribution in [0.25, 0.3) is 12.2 Å². The fraction of sp³-hybridized carbons (Fsp3) is 0.432. The second kappa shape index (κ2) is 5.09. The average molecular weight is 693 g/mol. The first-order valence-corrected chi connectivity index (χ1v) is 24.8. The third-order valence-electron chi connectivity index (χ3n) is 22.1. The van der Waals surface area contributed by atoms with Crippen LogP contribution in [-0.4, -0.2) is 24.5 Å². The van der Waals surface area contributed by atoms with Crippen molar-refractivity contribution < 1.29 is 25.6 Å². The molecular formula is C44H44FeO4. The van der Waals surface area contributed by atoms with Crippen molar-refractivity contribution in [1.82, 2.24) is 0 Å². The van der Waals surface area contributed by atoms with E-state index in [4.69, 9.17) is 4.74 Å². The fourth-order valence-electron chi connectivity index (χ4n) is 23.5. The Balaban J connectivity index is 0.757. The van der Waals surface area contributed by atoms with Gasteiger partial charge in [0, 0.05) is 0 Å². The predicted octanol–water partition coefficient (Wildman–Crippen LogP) is 11.1. The van der Waals surface area contributed by atoms with Crippen LogP contribution in [0.5, 0.6) is 5.75 Å². The molecule has 49 heavy (non-hydrogen) atoms. The Bertz CT molecular complexity index is 2520. The summed E-state index contributed by atoms with van der Waals surface area (Å²) in [6, 6.07) is 28.0. The smallest absolute Gasteiger partial charge is 0.0193 e. The van der Waals surface area contributed by atoms with Gasteiger partial charge in [-0.05, 0) is 12.1 Å². The SMILES string of the molecule is COc1ccc(C(=O)CCCCCCCC[C]23[CH]4[CH]5[CH]6[C]2(C(=O)C=Cc2ccccc2)[Fe]54632789[CH]3[CH]2[CH]7[C]8(C(=O)C=Cc2ccccc2)[CH]39)cc1. The van der Waals surface area contributed by atoms with Gasteiger partial charge in [-0.1, -0.05) is 0 Å². The molecule has 10 fully saturated rings. The van der Waals surface area contributed by atoms with E-state index in [1.54, 1.807) is 7.11 Å². The number of carbonyl (C=O) groups is 3. The fourth-order valence-corrected chi connectivity index (χ4v) is 102. The zero-order valence-corrected chi connectivity index (χ0v) is 29.2. The van der Waals surface area contributed by atoms with Gasteiger partial charge in [-0.2, -0.15) is 0 Å². The molecule has 0 N–H and O–H groups in total. The molecule has 0 radical (unpaired) electrons. The molecule has 0 aromatic heterocycles. The summed E-state index contributed by atoms with van der Waals surface area (Å²) < 4.78 is 5.35. The summed E-state index contributed by atoms with van der Waals surface area (Å²) in [5, 5.41) is 0. The van der Waals surface area contributed by atoms with Gasteiger partial charge in [0.25, 0.3) is 0 Å². The van der Waals surface area contributed by atoms with E-state index in [2.05, 4.69) is 36.4 Å². The molecule has 10 saturated heterocycles. The third-order valence-corrected chi connectivity index (χ3v) is 65.9. The van der Waals surface area contributed by atoms with Crippen LogP contribution in [0.15, 0.2) is 97.1 Å². The van der Waals surface area contributed by atoms with Crippen molar-refractivity contribution in [1.29, 1.82) is 0 Å². The molecule has 0 aliphatic carbocycles. The first kappa shape index (κ1) is 27.2. The molecule has 10 aliphatic rings. The number of allylic oxidation sites excluding steroid dienone is 2. The first-order valence-electron chi connectivity index (χ1n) is 18.7. The normalized spacial score (nSPS) is 52.0. The van der Waals surface area contributed by atoms with Crippen molar-refractivity contribution in [3.63, 3.8) is 0 Å². The van der Waals surface area contributed by atoms with Crippen LogP contribution in [0.2, 0.25) is 46.7 Å². The minimum absolute atomic E-state index is 0.0539. The maximum atomic E-state index is 14.9. The van der Waals surface area contributed by atoms with E-state index in [0.29, 0.717) is 32.4 Å². The molecule has 10 aliphatic heterocycles. The molecule has 9 unspecified atom stereocenters. The van der Waals surface area contributed by atoms with Crippen LogP contribution in [-0.2, 0) is 16.1 Å². The van der Waals surface area contributed by atoms with Crippen LogP contribution < -0.4 is 4.74 Å². The number of carbonyl (C=O) groups excluding carboxylic acids is 3. The van der Waals surface area contributed by atoms with Crippen LogP contribution in [0.1, 0.15) is 72.9 Å². The molecule has 13 rings (SSSR count). The molecule has 4 nitrogen and oxygen atoms in total. The molecule has 0 bridgehead atoms. The monoisotopic (exact) mass is 692 g/mol. The standard InChI is InChI=1S/C30H33O3.C14H11O.Fe/c1-33-27-21-19-26(20-22-27)29(31)17-10-5-3-2-4-9-14-25-15-11-16-28(25)30(32)23-18-24-12-7-6-8-13-24;15-14(13-8-4-5-9-13)11-10-12-6-2-1-3-7-12;/h6-8,11-13,15-16,18-23H,2-5,9-10,14,17H2,1H3;1-11H;. The number of methoxy groups -OCH3 is 1. The van der Waals surface area contributed by atoms with Gasteiger partial charge in [0.05, 0.1) is 7.11 Å². The van der Waals surface area contributed by atoms with Crippen molar-refractivity contribution in [3.05, 3.63) is 114 Å². The molecule has 3 aromatic rings. The Morgan fingerprint density at radius 2 is 1.22 bits per heavy atom. The summed E-state index contributed by atoms with van der Waals surface area (Å²) >= 11 is 0. The number of fused-ring (bicyclic) bond motifs is 10. The summed E-state index contributed by atoms with van der Waals surface area (Å²) in [7, 11) is 1.64. The third kappa shape index (κ3) is 0.877. The number of benzene rings is 3. The van der Waals surface area contributed by atoms with Crippen molar-refractivity contribution in [2.75, 3.05) is 7.11 Å². The van der Waals surface area contributed by atoms with E-state index in [1.165, 1.54) is 25.7 Å². The van der Waals surface area contributed by atoms with Crippen molar-refractivity contribution in [3.8, 4) is 5.75 Å². The first-order chi connectivity index (χ1) is 23.7. The second-order valence-corrected chi connectivity index (χ2v) is 42.0. The van der Waals surface area contributed by atoms with Crippen LogP contribution in [0.3, 0.4) is 0 Å². The topological polar surface area (TPSA) is 60.4 Å². The van der Waals surface area contributed by atoms with Crippen molar-refractivity contribution >= 4 is 29.5 Å². The molecule has 3 aromatic carbocycles. The predicted molar refractivity (Wildman–Crippen MR) is 190 cm³/mol. The summed E-state index contributed by atoms with van der Waals surface area (Å²) in [6.45, 7) is -4.56. The number of ketones is 3. The molecule has 252 valence electrons. The number of hydrogen-bond acceptors (Lipinski definition) is 4. The molecule has 5 heteroatoms. The van der Waals surface area contributed by atoms with Crippen LogP contribution in [0.4, 0.5) is 0 Å². The van der Waals surface area contributed by atoms with E-state index >= 15 is 0 Å². The van der Waals surface area contributed by atoms with E-state index in [-0.39, 0.29) is 18.7 Å². The Hall–Kier alpha value is -3.53. The van der Waals surface area contributed by atoms with Gasteiger partial charge in [-0.15, -0.1) is 0 Å².